The van der Waals surface area contributed by atoms with Gasteiger partial charge in [0, 0.05) is 13.1 Å². The van der Waals surface area contributed by atoms with Crippen LogP contribution in [0.1, 0.15) is 45.4 Å². The van der Waals surface area contributed by atoms with Gasteiger partial charge in [-0.05, 0) is 24.7 Å². The van der Waals surface area contributed by atoms with E-state index >= 15 is 0 Å². The van der Waals surface area contributed by atoms with Crippen molar-refractivity contribution in [3.05, 3.63) is 0 Å². The fraction of sp³-hybridized carbons (Fsp3) is 0.786. The molecule has 120 valence electrons. The van der Waals surface area contributed by atoms with E-state index in [9.17, 15) is 14.4 Å². The van der Waals surface area contributed by atoms with E-state index in [1.807, 2.05) is 6.92 Å². The molecule has 0 bridgehead atoms. The van der Waals surface area contributed by atoms with Gasteiger partial charge in [-0.25, -0.2) is 4.79 Å². The molecule has 0 aliphatic heterocycles. The van der Waals surface area contributed by atoms with E-state index in [2.05, 4.69) is 5.32 Å². The average molecular weight is 299 g/mol. The summed E-state index contributed by atoms with van der Waals surface area (Å²) in [5.74, 6) is -1.39. The van der Waals surface area contributed by atoms with E-state index in [0.717, 1.165) is 32.1 Å². The highest BCUT2D eigenvalue weighted by atomic mass is 16.4. The van der Waals surface area contributed by atoms with Gasteiger partial charge in [0.1, 0.15) is 6.54 Å². The Morgan fingerprint density at radius 3 is 2.43 bits per heavy atom. The van der Waals surface area contributed by atoms with Gasteiger partial charge in [-0.1, -0.05) is 19.8 Å². The molecule has 1 fully saturated rings. The minimum Gasteiger partial charge on any atom is -0.481 e. The Morgan fingerprint density at radius 1 is 1.33 bits per heavy atom. The number of primary amides is 1. The highest BCUT2D eigenvalue weighted by Crippen LogP contribution is 2.43. The number of carboxylic acids is 1. The number of amides is 3. The molecule has 3 amide bonds. The predicted molar refractivity (Wildman–Crippen MR) is 77.6 cm³/mol. The number of carbonyl (C=O) groups excluding carboxylic acids is 2. The van der Waals surface area contributed by atoms with Crippen LogP contribution in [0.5, 0.6) is 0 Å². The van der Waals surface area contributed by atoms with Crippen molar-refractivity contribution in [1.82, 2.24) is 10.2 Å². The second-order valence-corrected chi connectivity index (χ2v) is 5.82. The van der Waals surface area contributed by atoms with Gasteiger partial charge in [-0.15, -0.1) is 0 Å². The maximum atomic E-state index is 12.1. The van der Waals surface area contributed by atoms with Crippen molar-refractivity contribution in [2.45, 2.75) is 45.4 Å². The molecule has 0 aromatic heterocycles. The van der Waals surface area contributed by atoms with Gasteiger partial charge in [-0.3, -0.25) is 9.59 Å². The Labute approximate surface area is 124 Å². The lowest BCUT2D eigenvalue weighted by Crippen LogP contribution is -2.49. The molecule has 0 saturated heterocycles. The van der Waals surface area contributed by atoms with Gasteiger partial charge >= 0.3 is 12.0 Å². The van der Waals surface area contributed by atoms with E-state index in [-0.39, 0.29) is 24.4 Å². The summed E-state index contributed by atoms with van der Waals surface area (Å²) in [4.78, 5) is 35.4. The largest absolute Gasteiger partial charge is 0.481 e. The smallest absolute Gasteiger partial charge is 0.317 e. The van der Waals surface area contributed by atoms with Crippen molar-refractivity contribution in [3.63, 3.8) is 0 Å². The van der Waals surface area contributed by atoms with E-state index in [1.54, 1.807) is 0 Å². The van der Waals surface area contributed by atoms with Gasteiger partial charge in [0.25, 0.3) is 0 Å². The lowest BCUT2D eigenvalue weighted by Gasteiger charge is -2.41. The number of nitrogens with two attached hydrogens (primary N) is 1. The summed E-state index contributed by atoms with van der Waals surface area (Å²) in [5.41, 5.74) is 4.82. The van der Waals surface area contributed by atoms with Crippen LogP contribution in [0.15, 0.2) is 0 Å². The van der Waals surface area contributed by atoms with E-state index in [1.165, 1.54) is 4.90 Å². The van der Waals surface area contributed by atoms with Gasteiger partial charge in [0.15, 0.2) is 0 Å². The molecule has 21 heavy (non-hydrogen) atoms. The van der Waals surface area contributed by atoms with E-state index in [0.29, 0.717) is 13.1 Å². The highest BCUT2D eigenvalue weighted by Gasteiger charge is 2.39. The number of aliphatic carboxylic acids is 1. The summed E-state index contributed by atoms with van der Waals surface area (Å²) in [6.07, 6.45) is 4.38. The first-order chi connectivity index (χ1) is 9.88. The zero-order valence-electron chi connectivity index (χ0n) is 12.6. The van der Waals surface area contributed by atoms with Crippen LogP contribution in [0.4, 0.5) is 4.79 Å². The van der Waals surface area contributed by atoms with E-state index < -0.39 is 11.9 Å². The minimum atomic E-state index is -0.844. The summed E-state index contributed by atoms with van der Waals surface area (Å²) in [6, 6.07) is -0.348. The van der Waals surface area contributed by atoms with Crippen molar-refractivity contribution in [3.8, 4) is 0 Å². The van der Waals surface area contributed by atoms with Gasteiger partial charge in [0.05, 0.1) is 6.42 Å². The molecule has 7 heteroatoms. The SMILES string of the molecule is CCCCN(CC(N)=O)C(=O)NCC1(CC(=O)O)CCC1. The third-order valence-electron chi connectivity index (χ3n) is 3.97. The first-order valence-corrected chi connectivity index (χ1v) is 7.41. The molecule has 0 atom stereocenters. The molecule has 4 N–H and O–H groups in total. The molecular weight excluding hydrogens is 274 g/mol. The summed E-state index contributed by atoms with van der Waals surface area (Å²) in [5, 5.41) is 11.7. The number of unbranched alkanes of at least 4 members (excludes halogenated alkanes) is 1. The standard InChI is InChI=1S/C14H25N3O4/c1-2-3-7-17(9-11(15)18)13(21)16-10-14(5-4-6-14)8-12(19)20/h2-10H2,1H3,(H2,15,18)(H,16,21)(H,19,20). The number of nitrogens with zero attached hydrogens (tertiary/aromatic N) is 1. The number of rotatable bonds is 9. The van der Waals surface area contributed by atoms with E-state index in [4.69, 9.17) is 10.8 Å². The average Bonchev–Trinajstić information content (AvgIpc) is 2.36. The zero-order valence-corrected chi connectivity index (χ0v) is 12.6. The number of hydrogen-bond donors (Lipinski definition) is 3. The van der Waals surface area contributed by atoms with Crippen molar-refractivity contribution in [2.75, 3.05) is 19.6 Å². The lowest BCUT2D eigenvalue weighted by atomic mass is 9.66. The summed E-state index contributed by atoms with van der Waals surface area (Å²) in [6.45, 7) is 2.69. The number of hydrogen-bond acceptors (Lipinski definition) is 3. The van der Waals surface area contributed by atoms with Gasteiger partial charge in [0.2, 0.25) is 5.91 Å². The topological polar surface area (TPSA) is 113 Å². The van der Waals surface area contributed by atoms with Gasteiger partial charge < -0.3 is 21.1 Å². The Kier molecular flexibility index (Phi) is 6.45. The number of carboxylic acid groups (broad SMARTS) is 1. The fourth-order valence-electron chi connectivity index (χ4n) is 2.58. The second kappa shape index (κ2) is 7.85. The van der Waals surface area contributed by atoms with Crippen molar-refractivity contribution in [2.24, 2.45) is 11.1 Å². The number of nitrogens with one attached hydrogen (secondary N) is 1. The molecule has 1 aliphatic rings. The summed E-state index contributed by atoms with van der Waals surface area (Å²) >= 11 is 0. The monoisotopic (exact) mass is 299 g/mol. The molecule has 0 aromatic rings. The van der Waals surface area contributed by atoms with Crippen molar-refractivity contribution >= 4 is 17.9 Å². The molecular formula is C14H25N3O4. The van der Waals surface area contributed by atoms with Crippen LogP contribution in [0.25, 0.3) is 0 Å². The van der Waals surface area contributed by atoms with Crippen LogP contribution in [-0.2, 0) is 9.59 Å². The van der Waals surface area contributed by atoms with Crippen LogP contribution in [-0.4, -0.2) is 47.5 Å². The maximum Gasteiger partial charge on any atom is 0.317 e. The third-order valence-corrected chi connectivity index (χ3v) is 3.97. The molecule has 0 heterocycles. The Morgan fingerprint density at radius 2 is 2.00 bits per heavy atom. The molecule has 0 unspecified atom stereocenters. The molecule has 0 radical (unpaired) electrons. The first kappa shape index (κ1) is 17.3. The third kappa shape index (κ3) is 5.61. The van der Waals surface area contributed by atoms with Gasteiger partial charge in [-0.2, -0.15) is 0 Å². The van der Waals surface area contributed by atoms with Crippen molar-refractivity contribution in [1.29, 1.82) is 0 Å². The highest BCUT2D eigenvalue weighted by molar-refractivity contribution is 5.83. The summed E-state index contributed by atoms with van der Waals surface area (Å²) < 4.78 is 0. The first-order valence-electron chi connectivity index (χ1n) is 7.41. The normalized spacial score (nSPS) is 15.9. The minimum absolute atomic E-state index is 0.0675. The Hall–Kier alpha value is -1.79. The quantitative estimate of drug-likeness (QED) is 0.587. The molecule has 1 aliphatic carbocycles. The van der Waals surface area contributed by atoms with Crippen LogP contribution >= 0.6 is 0 Å². The lowest BCUT2D eigenvalue weighted by molar-refractivity contribution is -0.141. The van der Waals surface area contributed by atoms with Crippen LogP contribution in [0.2, 0.25) is 0 Å². The number of carbonyl (C=O) groups is 3. The Bertz CT molecular complexity index is 394. The zero-order chi connectivity index (χ0) is 15.9. The Balaban J connectivity index is 2.51. The van der Waals surface area contributed by atoms with Crippen LogP contribution in [0, 0.1) is 5.41 Å². The molecule has 7 nitrogen and oxygen atoms in total. The predicted octanol–water partition coefficient (Wildman–Crippen LogP) is 0.928. The fourth-order valence-corrected chi connectivity index (χ4v) is 2.58. The molecule has 0 aromatic carbocycles. The molecule has 1 saturated carbocycles. The molecule has 0 spiro atoms. The van der Waals surface area contributed by atoms with Crippen LogP contribution < -0.4 is 11.1 Å². The van der Waals surface area contributed by atoms with Crippen molar-refractivity contribution < 1.29 is 19.5 Å². The maximum absolute atomic E-state index is 12.1. The summed E-state index contributed by atoms with van der Waals surface area (Å²) in [7, 11) is 0. The molecule has 1 rings (SSSR count). The number of urea groups is 1. The second-order valence-electron chi connectivity index (χ2n) is 5.82. The van der Waals surface area contributed by atoms with Crippen LogP contribution in [0.3, 0.4) is 0 Å².